The minimum absolute atomic E-state index is 0.0596. The molecule has 1 amide bonds. The molecule has 0 bridgehead atoms. The van der Waals surface area contributed by atoms with Gasteiger partial charge >= 0.3 is 0 Å². The van der Waals surface area contributed by atoms with Crippen molar-refractivity contribution in [1.82, 2.24) is 10.3 Å². The maximum atomic E-state index is 12.1. The normalized spacial score (nSPS) is 17.9. The molecule has 0 aromatic carbocycles. The van der Waals surface area contributed by atoms with Gasteiger partial charge in [0.15, 0.2) is 0 Å². The van der Waals surface area contributed by atoms with Crippen molar-refractivity contribution in [1.29, 1.82) is 0 Å². The first-order chi connectivity index (χ1) is 8.81. The molecule has 1 unspecified atom stereocenters. The molecule has 1 aromatic heterocycles. The van der Waals surface area contributed by atoms with Crippen LogP contribution in [0.4, 0.5) is 0 Å². The minimum atomic E-state index is -0.244. The van der Waals surface area contributed by atoms with Gasteiger partial charge in [0, 0.05) is 19.0 Å². The van der Waals surface area contributed by atoms with Gasteiger partial charge in [-0.3, -0.25) is 9.78 Å². The van der Waals surface area contributed by atoms with Gasteiger partial charge in [-0.05, 0) is 12.5 Å². The average Bonchev–Trinajstić information content (AvgIpc) is 2.89. The van der Waals surface area contributed by atoms with Crippen LogP contribution in [0.3, 0.4) is 0 Å². The number of aliphatic hydroxyl groups is 1. The molecule has 1 aliphatic rings. The van der Waals surface area contributed by atoms with E-state index in [1.54, 1.807) is 12.3 Å². The summed E-state index contributed by atoms with van der Waals surface area (Å²) >= 11 is 0. The molecule has 0 spiro atoms. The Bertz CT molecular complexity index is 484. The topological polar surface area (TPSA) is 71.5 Å². The summed E-state index contributed by atoms with van der Waals surface area (Å²) in [4.78, 5) is 16.0. The van der Waals surface area contributed by atoms with E-state index in [0.717, 1.165) is 6.42 Å². The van der Waals surface area contributed by atoms with E-state index in [2.05, 4.69) is 22.1 Å². The highest BCUT2D eigenvalue weighted by Crippen LogP contribution is 2.08. The van der Waals surface area contributed by atoms with Crippen LogP contribution in [0.25, 0.3) is 0 Å². The van der Waals surface area contributed by atoms with Gasteiger partial charge < -0.3 is 15.2 Å². The van der Waals surface area contributed by atoms with Crippen molar-refractivity contribution < 1.29 is 14.6 Å². The van der Waals surface area contributed by atoms with Crippen LogP contribution >= 0.6 is 0 Å². The molecular formula is C13H14N2O3. The summed E-state index contributed by atoms with van der Waals surface area (Å²) in [6.45, 7) is 0.985. The van der Waals surface area contributed by atoms with Gasteiger partial charge in [0.05, 0.1) is 23.8 Å². The molecule has 5 nitrogen and oxygen atoms in total. The van der Waals surface area contributed by atoms with Gasteiger partial charge in [-0.25, -0.2) is 0 Å². The van der Waals surface area contributed by atoms with E-state index in [1.807, 2.05) is 0 Å². The molecule has 2 N–H and O–H groups in total. The second kappa shape index (κ2) is 6.15. The number of rotatable bonds is 2. The van der Waals surface area contributed by atoms with Crippen molar-refractivity contribution in [3.63, 3.8) is 0 Å². The molecule has 18 heavy (non-hydrogen) atoms. The first-order valence-electron chi connectivity index (χ1n) is 5.73. The van der Waals surface area contributed by atoms with Crippen LogP contribution in [-0.2, 0) is 4.74 Å². The largest absolute Gasteiger partial charge is 0.384 e. The molecule has 1 fully saturated rings. The van der Waals surface area contributed by atoms with Gasteiger partial charge in [0.25, 0.3) is 5.91 Å². The second-order valence-corrected chi connectivity index (χ2v) is 3.92. The number of aliphatic hydroxyl groups excluding tert-OH is 1. The summed E-state index contributed by atoms with van der Waals surface area (Å²) in [6, 6.07) is 1.68. The van der Waals surface area contributed by atoms with Crippen molar-refractivity contribution in [2.24, 2.45) is 0 Å². The van der Waals surface area contributed by atoms with Crippen molar-refractivity contribution in [3.05, 3.63) is 29.6 Å². The molecule has 1 saturated heterocycles. The number of pyridine rings is 1. The predicted octanol–water partition coefficient (Wildman–Crippen LogP) is -0.0559. The molecular weight excluding hydrogens is 232 g/mol. The van der Waals surface area contributed by atoms with Gasteiger partial charge in [-0.15, -0.1) is 0 Å². The fraction of sp³-hybridized carbons (Fsp3) is 0.385. The number of nitrogens with one attached hydrogen (secondary N) is 1. The Morgan fingerprint density at radius 3 is 3.28 bits per heavy atom. The summed E-state index contributed by atoms with van der Waals surface area (Å²) in [7, 11) is 0. The molecule has 2 heterocycles. The molecule has 94 valence electrons. The van der Waals surface area contributed by atoms with E-state index in [0.29, 0.717) is 24.3 Å². The standard InChI is InChI=1S/C13H14N2O3/c16-6-1-2-10-8-14-5-3-12(10)13(17)15-11-4-7-18-9-11/h3,5,8,11,16H,4,6-7,9H2,(H,15,17). The monoisotopic (exact) mass is 246 g/mol. The maximum Gasteiger partial charge on any atom is 0.252 e. The first-order valence-corrected chi connectivity index (χ1v) is 5.73. The van der Waals surface area contributed by atoms with Crippen molar-refractivity contribution in [3.8, 4) is 11.8 Å². The Morgan fingerprint density at radius 1 is 1.67 bits per heavy atom. The number of amides is 1. The molecule has 1 aromatic rings. The Hall–Kier alpha value is -1.90. The van der Waals surface area contributed by atoms with Gasteiger partial charge in [-0.1, -0.05) is 11.8 Å². The van der Waals surface area contributed by atoms with Crippen molar-refractivity contribution >= 4 is 5.91 Å². The fourth-order valence-corrected chi connectivity index (χ4v) is 1.74. The number of carbonyl (C=O) groups is 1. The van der Waals surface area contributed by atoms with E-state index in [-0.39, 0.29) is 18.6 Å². The number of aromatic nitrogens is 1. The fourth-order valence-electron chi connectivity index (χ4n) is 1.74. The van der Waals surface area contributed by atoms with Gasteiger partial charge in [0.2, 0.25) is 0 Å². The Labute approximate surface area is 105 Å². The SMILES string of the molecule is O=C(NC1CCOC1)c1ccncc1C#CCO. The number of carbonyl (C=O) groups excluding carboxylic acids is 1. The Balaban J connectivity index is 2.13. The number of nitrogens with zero attached hydrogens (tertiary/aromatic N) is 1. The molecule has 1 atom stereocenters. The highest BCUT2D eigenvalue weighted by atomic mass is 16.5. The van der Waals surface area contributed by atoms with E-state index in [4.69, 9.17) is 9.84 Å². The first kappa shape index (κ1) is 12.6. The van der Waals surface area contributed by atoms with Crippen LogP contribution in [0.2, 0.25) is 0 Å². The zero-order valence-corrected chi connectivity index (χ0v) is 9.85. The van der Waals surface area contributed by atoms with Crippen LogP contribution in [0.15, 0.2) is 18.5 Å². The van der Waals surface area contributed by atoms with Crippen LogP contribution in [0.5, 0.6) is 0 Å². The minimum Gasteiger partial charge on any atom is -0.384 e. The predicted molar refractivity (Wildman–Crippen MR) is 64.9 cm³/mol. The van der Waals surface area contributed by atoms with E-state index < -0.39 is 0 Å². The molecule has 0 aliphatic carbocycles. The Kier molecular flexibility index (Phi) is 4.29. The lowest BCUT2D eigenvalue weighted by Gasteiger charge is -2.11. The van der Waals surface area contributed by atoms with Crippen LogP contribution in [-0.4, -0.2) is 41.9 Å². The highest BCUT2D eigenvalue weighted by molar-refractivity contribution is 5.96. The van der Waals surface area contributed by atoms with Crippen molar-refractivity contribution in [2.75, 3.05) is 19.8 Å². The Morgan fingerprint density at radius 2 is 2.56 bits per heavy atom. The number of ether oxygens (including phenoxy) is 1. The molecule has 2 rings (SSSR count). The van der Waals surface area contributed by atoms with Crippen molar-refractivity contribution in [2.45, 2.75) is 12.5 Å². The zero-order chi connectivity index (χ0) is 12.8. The van der Waals surface area contributed by atoms with Gasteiger partial charge in [-0.2, -0.15) is 0 Å². The van der Waals surface area contributed by atoms with E-state index >= 15 is 0 Å². The third-order valence-electron chi connectivity index (χ3n) is 2.63. The lowest BCUT2D eigenvalue weighted by Crippen LogP contribution is -2.35. The highest BCUT2D eigenvalue weighted by Gasteiger charge is 2.19. The molecule has 0 saturated carbocycles. The number of hydrogen-bond donors (Lipinski definition) is 2. The molecule has 0 radical (unpaired) electrons. The number of hydrogen-bond acceptors (Lipinski definition) is 4. The summed E-state index contributed by atoms with van der Waals surface area (Å²) in [6.07, 6.45) is 3.89. The lowest BCUT2D eigenvalue weighted by molar-refractivity contribution is 0.0929. The van der Waals surface area contributed by atoms with Crippen LogP contribution in [0.1, 0.15) is 22.3 Å². The van der Waals surface area contributed by atoms with Crippen LogP contribution in [0, 0.1) is 11.8 Å². The summed E-state index contributed by atoms with van der Waals surface area (Å²) in [5.74, 6) is 5.04. The molecule has 1 aliphatic heterocycles. The molecule has 5 heteroatoms. The van der Waals surface area contributed by atoms with Gasteiger partial charge in [0.1, 0.15) is 6.61 Å². The van der Waals surface area contributed by atoms with Crippen LogP contribution < -0.4 is 5.32 Å². The smallest absolute Gasteiger partial charge is 0.252 e. The average molecular weight is 246 g/mol. The second-order valence-electron chi connectivity index (χ2n) is 3.92. The van der Waals surface area contributed by atoms with E-state index in [1.165, 1.54) is 6.20 Å². The summed E-state index contributed by atoms with van der Waals surface area (Å²) in [5.41, 5.74) is 0.987. The zero-order valence-electron chi connectivity index (χ0n) is 9.85. The third kappa shape index (κ3) is 3.06. The summed E-state index contributed by atoms with van der Waals surface area (Å²) < 4.78 is 5.20. The quantitative estimate of drug-likeness (QED) is 0.717. The maximum absolute atomic E-state index is 12.1. The lowest BCUT2D eigenvalue weighted by atomic mass is 10.1. The van der Waals surface area contributed by atoms with E-state index in [9.17, 15) is 4.79 Å². The summed E-state index contributed by atoms with van der Waals surface area (Å²) in [5, 5.41) is 11.6. The third-order valence-corrected chi connectivity index (χ3v) is 2.63.